The number of methoxy groups -OCH3 is 1. The van der Waals surface area contributed by atoms with Crippen LogP contribution in [0, 0.1) is 26.0 Å². The number of carbonyl (C=O) groups is 1. The number of amides is 1. The molecule has 0 spiro atoms. The van der Waals surface area contributed by atoms with E-state index in [0.717, 1.165) is 24.3 Å². The minimum absolute atomic E-state index is 0.0589. The van der Waals surface area contributed by atoms with Crippen LogP contribution < -0.4 is 14.8 Å². The zero-order valence-corrected chi connectivity index (χ0v) is 13.3. The lowest BCUT2D eigenvalue weighted by molar-refractivity contribution is -0.385. The van der Waals surface area contributed by atoms with Crippen LogP contribution in [-0.4, -0.2) is 29.5 Å². The predicted molar refractivity (Wildman–Crippen MR) is 86.8 cm³/mol. The number of carbonyl (C=O) groups excluding carboxylic acids is 1. The van der Waals surface area contributed by atoms with Crippen LogP contribution in [-0.2, 0) is 4.79 Å². The summed E-state index contributed by atoms with van der Waals surface area (Å²) in [6, 6.07) is 6.23. The van der Waals surface area contributed by atoms with Gasteiger partial charge in [-0.15, -0.1) is 0 Å². The van der Waals surface area contributed by atoms with Gasteiger partial charge in [-0.25, -0.2) is 4.39 Å². The summed E-state index contributed by atoms with van der Waals surface area (Å²) < 4.78 is 23.8. The molecule has 26 heavy (non-hydrogen) atoms. The van der Waals surface area contributed by atoms with E-state index in [-0.39, 0.29) is 22.9 Å². The van der Waals surface area contributed by atoms with Gasteiger partial charge in [0.2, 0.25) is 0 Å². The highest BCUT2D eigenvalue weighted by Crippen LogP contribution is 2.31. The van der Waals surface area contributed by atoms with Gasteiger partial charge in [0.25, 0.3) is 17.3 Å². The van der Waals surface area contributed by atoms with Crippen molar-refractivity contribution in [3.8, 4) is 11.5 Å². The highest BCUT2D eigenvalue weighted by atomic mass is 19.1. The van der Waals surface area contributed by atoms with Crippen LogP contribution in [0.4, 0.5) is 21.5 Å². The Labute approximate surface area is 145 Å². The van der Waals surface area contributed by atoms with Crippen molar-refractivity contribution >= 4 is 23.0 Å². The molecule has 136 valence electrons. The molecular formula is C15H12FN3O7. The summed E-state index contributed by atoms with van der Waals surface area (Å²) in [5, 5.41) is 23.6. The number of hydrogen-bond donors (Lipinski definition) is 1. The quantitative estimate of drug-likeness (QED) is 0.589. The lowest BCUT2D eigenvalue weighted by Crippen LogP contribution is -2.21. The van der Waals surface area contributed by atoms with Gasteiger partial charge >= 0.3 is 0 Å². The Bertz CT molecular complexity index is 872. The summed E-state index contributed by atoms with van der Waals surface area (Å²) in [4.78, 5) is 32.0. The Morgan fingerprint density at radius 2 is 1.69 bits per heavy atom. The molecule has 0 saturated carbocycles. The van der Waals surface area contributed by atoms with E-state index in [2.05, 4.69) is 5.32 Å². The van der Waals surface area contributed by atoms with Gasteiger partial charge < -0.3 is 14.8 Å². The van der Waals surface area contributed by atoms with Crippen molar-refractivity contribution in [2.75, 3.05) is 19.0 Å². The second-order valence-electron chi connectivity index (χ2n) is 4.85. The maximum atomic E-state index is 13.6. The van der Waals surface area contributed by atoms with Crippen LogP contribution in [0.25, 0.3) is 0 Å². The Morgan fingerprint density at radius 1 is 1.08 bits per heavy atom. The van der Waals surface area contributed by atoms with Crippen molar-refractivity contribution in [2.45, 2.75) is 0 Å². The van der Waals surface area contributed by atoms with Gasteiger partial charge in [-0.2, -0.15) is 0 Å². The second kappa shape index (κ2) is 7.88. The molecule has 0 aromatic heterocycles. The van der Waals surface area contributed by atoms with E-state index in [1.807, 2.05) is 0 Å². The van der Waals surface area contributed by atoms with Gasteiger partial charge in [0.15, 0.2) is 18.1 Å². The summed E-state index contributed by atoms with van der Waals surface area (Å²) in [5.74, 6) is -1.59. The van der Waals surface area contributed by atoms with Crippen LogP contribution in [0.1, 0.15) is 0 Å². The molecule has 0 aliphatic carbocycles. The fourth-order valence-electron chi connectivity index (χ4n) is 1.94. The van der Waals surface area contributed by atoms with Crippen LogP contribution in [0.5, 0.6) is 11.5 Å². The fraction of sp³-hybridized carbons (Fsp3) is 0.133. The standard InChI is InChI=1S/C15H12FN3O7/c1-25-13-5-3-10(19(23)24)7-14(13)26-8-15(20)17-12-6-9(18(21)22)2-4-11(12)16/h2-7H,8H2,1H3,(H,17,20). The molecule has 0 aliphatic heterocycles. The van der Waals surface area contributed by atoms with Gasteiger partial charge in [-0.3, -0.25) is 25.0 Å². The minimum Gasteiger partial charge on any atom is -0.493 e. The number of non-ortho nitro benzene ring substituents is 2. The van der Waals surface area contributed by atoms with E-state index >= 15 is 0 Å². The average molecular weight is 365 g/mol. The number of rotatable bonds is 7. The SMILES string of the molecule is COc1ccc([N+](=O)[O-])cc1OCC(=O)Nc1cc([N+](=O)[O-])ccc1F. The van der Waals surface area contributed by atoms with Gasteiger partial charge in [0.1, 0.15) is 5.82 Å². The maximum absolute atomic E-state index is 13.6. The second-order valence-corrected chi connectivity index (χ2v) is 4.85. The van der Waals surface area contributed by atoms with Crippen LogP contribution >= 0.6 is 0 Å². The molecule has 10 nitrogen and oxygen atoms in total. The zero-order valence-electron chi connectivity index (χ0n) is 13.3. The van der Waals surface area contributed by atoms with Crippen molar-refractivity contribution in [3.05, 3.63) is 62.4 Å². The number of benzene rings is 2. The Hall–Kier alpha value is -3.76. The van der Waals surface area contributed by atoms with Crippen molar-refractivity contribution < 1.29 is 28.5 Å². The lowest BCUT2D eigenvalue weighted by Gasteiger charge is -2.11. The van der Waals surface area contributed by atoms with Crippen molar-refractivity contribution in [2.24, 2.45) is 0 Å². The number of ether oxygens (including phenoxy) is 2. The van der Waals surface area contributed by atoms with Crippen molar-refractivity contribution in [1.82, 2.24) is 0 Å². The third-order valence-corrected chi connectivity index (χ3v) is 3.15. The molecule has 0 heterocycles. The first kappa shape index (κ1) is 18.6. The third kappa shape index (κ3) is 4.41. The fourth-order valence-corrected chi connectivity index (χ4v) is 1.94. The number of nitrogens with zero attached hydrogens (tertiary/aromatic N) is 2. The molecule has 0 fully saturated rings. The minimum atomic E-state index is -0.864. The largest absolute Gasteiger partial charge is 0.493 e. The lowest BCUT2D eigenvalue weighted by atomic mass is 10.2. The summed E-state index contributed by atoms with van der Waals surface area (Å²) in [7, 11) is 1.31. The topological polar surface area (TPSA) is 134 Å². The first-order valence-corrected chi connectivity index (χ1v) is 7.01. The van der Waals surface area contributed by atoms with Gasteiger partial charge in [-0.1, -0.05) is 0 Å². The highest BCUT2D eigenvalue weighted by Gasteiger charge is 2.16. The number of anilines is 1. The number of nitro benzene ring substituents is 2. The third-order valence-electron chi connectivity index (χ3n) is 3.15. The van der Waals surface area contributed by atoms with Gasteiger partial charge in [0.05, 0.1) is 28.7 Å². The van der Waals surface area contributed by atoms with Gasteiger partial charge in [0, 0.05) is 18.2 Å². The Morgan fingerprint density at radius 3 is 2.31 bits per heavy atom. The van der Waals surface area contributed by atoms with E-state index in [1.165, 1.54) is 19.2 Å². The highest BCUT2D eigenvalue weighted by molar-refractivity contribution is 5.92. The molecule has 2 aromatic carbocycles. The summed E-state index contributed by atoms with van der Waals surface area (Å²) >= 11 is 0. The molecule has 1 N–H and O–H groups in total. The smallest absolute Gasteiger partial charge is 0.273 e. The molecule has 0 saturated heterocycles. The Kier molecular flexibility index (Phi) is 5.63. The van der Waals surface area contributed by atoms with Crippen molar-refractivity contribution in [3.63, 3.8) is 0 Å². The number of halogens is 1. The molecule has 1 amide bonds. The van der Waals surface area contributed by atoms with E-state index in [0.29, 0.717) is 0 Å². The monoisotopic (exact) mass is 365 g/mol. The molecule has 11 heteroatoms. The normalized spacial score (nSPS) is 10.1. The molecule has 0 aliphatic rings. The van der Waals surface area contributed by atoms with Crippen LogP contribution in [0.2, 0.25) is 0 Å². The summed E-state index contributed by atoms with van der Waals surface area (Å²) in [6.45, 7) is -0.625. The maximum Gasteiger partial charge on any atom is 0.273 e. The first-order chi connectivity index (χ1) is 12.3. The molecule has 0 radical (unpaired) electrons. The molecule has 0 bridgehead atoms. The molecule has 0 atom stereocenters. The molecule has 2 rings (SSSR count). The average Bonchev–Trinajstić information content (AvgIpc) is 2.61. The van der Waals surface area contributed by atoms with E-state index in [1.54, 1.807) is 0 Å². The number of nitrogens with one attached hydrogen (secondary N) is 1. The molecular weight excluding hydrogens is 353 g/mol. The Balaban J connectivity index is 2.10. The zero-order chi connectivity index (χ0) is 19.3. The van der Waals surface area contributed by atoms with Gasteiger partial charge in [-0.05, 0) is 12.1 Å². The predicted octanol–water partition coefficient (Wildman–Crippen LogP) is 2.67. The summed E-state index contributed by atoms with van der Waals surface area (Å²) in [5.41, 5.74) is -1.06. The van der Waals surface area contributed by atoms with E-state index in [4.69, 9.17) is 9.47 Å². The molecule has 2 aromatic rings. The van der Waals surface area contributed by atoms with E-state index < -0.39 is 33.9 Å². The molecule has 0 unspecified atom stereocenters. The van der Waals surface area contributed by atoms with E-state index in [9.17, 15) is 29.4 Å². The van der Waals surface area contributed by atoms with Crippen LogP contribution in [0.3, 0.4) is 0 Å². The number of hydrogen-bond acceptors (Lipinski definition) is 7. The number of nitro groups is 2. The summed E-state index contributed by atoms with van der Waals surface area (Å²) in [6.07, 6.45) is 0. The van der Waals surface area contributed by atoms with Crippen LogP contribution in [0.15, 0.2) is 36.4 Å². The van der Waals surface area contributed by atoms with Crippen molar-refractivity contribution in [1.29, 1.82) is 0 Å². The first-order valence-electron chi connectivity index (χ1n) is 7.01.